The summed E-state index contributed by atoms with van der Waals surface area (Å²) >= 11 is 0. The van der Waals surface area contributed by atoms with Crippen LogP contribution in [0.1, 0.15) is 36.5 Å². The molecule has 0 saturated carbocycles. The third-order valence-electron chi connectivity index (χ3n) is 4.07. The van der Waals surface area contributed by atoms with E-state index in [-0.39, 0.29) is 22.3 Å². The summed E-state index contributed by atoms with van der Waals surface area (Å²) in [4.78, 5) is 22.6. The Labute approximate surface area is 146 Å². The average Bonchev–Trinajstić information content (AvgIpc) is 2.59. The molecule has 0 aromatic heterocycles. The highest BCUT2D eigenvalue weighted by Crippen LogP contribution is 2.31. The molecule has 1 heterocycles. The molecule has 0 unspecified atom stereocenters. The molecule has 1 aromatic rings. The number of benzene rings is 1. The summed E-state index contributed by atoms with van der Waals surface area (Å²) < 4.78 is 37.4. The number of sulfonamides is 1. The number of carbonyl (C=O) groups excluding carboxylic acids is 2. The zero-order valence-electron chi connectivity index (χ0n) is 14.2. The minimum atomic E-state index is -3.83. The van der Waals surface area contributed by atoms with Gasteiger partial charge in [0.05, 0.1) is 12.7 Å². The van der Waals surface area contributed by atoms with E-state index in [1.54, 1.807) is 0 Å². The topological polar surface area (TPSA) is 116 Å². The molecule has 1 aliphatic heterocycles. The fourth-order valence-corrected chi connectivity index (χ4v) is 4.66. The lowest BCUT2D eigenvalue weighted by molar-refractivity contribution is -0.121. The minimum absolute atomic E-state index is 0.00490. The molecule has 0 spiro atoms. The molecule has 2 rings (SSSR count). The highest BCUT2D eigenvalue weighted by Gasteiger charge is 2.33. The molecule has 1 atom stereocenters. The summed E-state index contributed by atoms with van der Waals surface area (Å²) in [5, 5.41) is 0. The normalized spacial score (nSPS) is 18.6. The number of esters is 1. The first kappa shape index (κ1) is 19.2. The van der Waals surface area contributed by atoms with Gasteiger partial charge in [-0.05, 0) is 38.0 Å². The van der Waals surface area contributed by atoms with E-state index in [4.69, 9.17) is 15.2 Å². The fraction of sp³-hybridized carbons (Fsp3) is 0.500. The molecule has 2 N–H and O–H groups in total. The number of nitrogens with zero attached hydrogens (tertiary/aromatic N) is 1. The lowest BCUT2D eigenvalue weighted by atomic mass is 10.1. The van der Waals surface area contributed by atoms with Crippen molar-refractivity contribution >= 4 is 21.9 Å². The predicted octanol–water partition coefficient (Wildman–Crippen LogP) is 0.900. The fourth-order valence-electron chi connectivity index (χ4n) is 2.78. The number of hydrogen-bond acceptors (Lipinski definition) is 6. The Morgan fingerprint density at radius 1 is 1.32 bits per heavy atom. The quantitative estimate of drug-likeness (QED) is 0.744. The van der Waals surface area contributed by atoms with Crippen molar-refractivity contribution < 1.29 is 27.5 Å². The van der Waals surface area contributed by atoms with Crippen molar-refractivity contribution in [1.82, 2.24) is 4.31 Å². The highest BCUT2D eigenvalue weighted by molar-refractivity contribution is 7.89. The van der Waals surface area contributed by atoms with E-state index < -0.39 is 28.5 Å². The molecule has 138 valence electrons. The van der Waals surface area contributed by atoms with E-state index in [9.17, 15) is 18.0 Å². The first-order chi connectivity index (χ1) is 11.8. The second-order valence-corrected chi connectivity index (χ2v) is 7.73. The van der Waals surface area contributed by atoms with Crippen LogP contribution >= 0.6 is 0 Å². The summed E-state index contributed by atoms with van der Waals surface area (Å²) in [5.74, 6) is -1.48. The molecule has 8 nitrogen and oxygen atoms in total. The molecule has 1 saturated heterocycles. The van der Waals surface area contributed by atoms with E-state index in [0.29, 0.717) is 6.54 Å². The number of primary amides is 1. The zero-order chi connectivity index (χ0) is 18.6. The highest BCUT2D eigenvalue weighted by atomic mass is 32.2. The molecular weight excluding hydrogens is 348 g/mol. The van der Waals surface area contributed by atoms with Gasteiger partial charge in [-0.3, -0.25) is 4.79 Å². The summed E-state index contributed by atoms with van der Waals surface area (Å²) in [6, 6.07) is 3.84. The number of piperidine rings is 1. The van der Waals surface area contributed by atoms with Gasteiger partial charge in [0.2, 0.25) is 10.0 Å². The van der Waals surface area contributed by atoms with Gasteiger partial charge in [0.1, 0.15) is 10.6 Å². The monoisotopic (exact) mass is 370 g/mol. The Hall–Kier alpha value is -2.13. The lowest BCUT2D eigenvalue weighted by Gasteiger charge is -2.32. The number of carbonyl (C=O) groups is 2. The van der Waals surface area contributed by atoms with Gasteiger partial charge in [-0.15, -0.1) is 0 Å². The van der Waals surface area contributed by atoms with Crippen molar-refractivity contribution in [1.29, 1.82) is 0 Å². The maximum absolute atomic E-state index is 13.0. The van der Waals surface area contributed by atoms with Crippen molar-refractivity contribution in [3.8, 4) is 5.75 Å². The molecule has 1 aliphatic rings. The Kier molecular flexibility index (Phi) is 6.02. The van der Waals surface area contributed by atoms with Crippen molar-refractivity contribution in [2.75, 3.05) is 20.3 Å². The largest absolute Gasteiger partial charge is 0.495 e. The number of rotatable bonds is 6. The number of nitrogens with two attached hydrogens (primary N) is 1. The standard InChI is InChI=1S/C16H22N2O6S/c1-11-5-3-4-8-18(11)25(21,22)14-9-12(6-7-13(14)23-2)16(20)24-10-15(17)19/h6-7,9,11H,3-5,8,10H2,1-2H3,(H2,17,19)/t11-/m1/s1. The van der Waals surface area contributed by atoms with Crippen LogP contribution in [0.15, 0.2) is 23.1 Å². The summed E-state index contributed by atoms with van der Waals surface area (Å²) in [5.41, 5.74) is 4.94. The van der Waals surface area contributed by atoms with Crippen LogP contribution in [0.3, 0.4) is 0 Å². The number of hydrogen-bond donors (Lipinski definition) is 1. The zero-order valence-corrected chi connectivity index (χ0v) is 15.0. The minimum Gasteiger partial charge on any atom is -0.495 e. The van der Waals surface area contributed by atoms with Gasteiger partial charge in [-0.25, -0.2) is 13.2 Å². The van der Waals surface area contributed by atoms with Gasteiger partial charge < -0.3 is 15.2 Å². The molecule has 0 aliphatic carbocycles. The maximum Gasteiger partial charge on any atom is 0.338 e. The van der Waals surface area contributed by atoms with Gasteiger partial charge in [0, 0.05) is 12.6 Å². The van der Waals surface area contributed by atoms with E-state index in [2.05, 4.69) is 0 Å². The molecule has 0 radical (unpaired) electrons. The average molecular weight is 370 g/mol. The second kappa shape index (κ2) is 7.83. The summed E-state index contributed by atoms with van der Waals surface area (Å²) in [6.07, 6.45) is 2.54. The molecule has 1 amide bonds. The van der Waals surface area contributed by atoms with Gasteiger partial charge in [0.25, 0.3) is 5.91 Å². The van der Waals surface area contributed by atoms with Crippen LogP contribution in [0.25, 0.3) is 0 Å². The Bertz CT molecular complexity index is 762. The van der Waals surface area contributed by atoms with Crippen molar-refractivity contribution in [3.05, 3.63) is 23.8 Å². The molecule has 9 heteroatoms. The number of amides is 1. The first-order valence-electron chi connectivity index (χ1n) is 7.92. The molecule has 0 bridgehead atoms. The summed E-state index contributed by atoms with van der Waals surface area (Å²) in [6.45, 7) is 1.70. The van der Waals surface area contributed by atoms with Gasteiger partial charge in [-0.2, -0.15) is 4.31 Å². The van der Waals surface area contributed by atoms with E-state index in [1.165, 1.54) is 29.6 Å². The maximum atomic E-state index is 13.0. The van der Waals surface area contributed by atoms with E-state index in [1.807, 2.05) is 6.92 Å². The van der Waals surface area contributed by atoms with Crippen LogP contribution in [-0.4, -0.2) is 50.9 Å². The van der Waals surface area contributed by atoms with Crippen LogP contribution in [0, 0.1) is 0 Å². The Morgan fingerprint density at radius 2 is 2.04 bits per heavy atom. The van der Waals surface area contributed by atoms with Gasteiger partial charge >= 0.3 is 5.97 Å². The SMILES string of the molecule is COc1ccc(C(=O)OCC(N)=O)cc1S(=O)(=O)N1CCCC[C@H]1C. The smallest absolute Gasteiger partial charge is 0.338 e. The molecular formula is C16H22N2O6S. The third kappa shape index (κ3) is 4.29. The van der Waals surface area contributed by atoms with Crippen LogP contribution in [0.4, 0.5) is 0 Å². The number of ether oxygens (including phenoxy) is 2. The Balaban J connectivity index is 2.39. The second-order valence-electron chi connectivity index (χ2n) is 5.87. The van der Waals surface area contributed by atoms with Gasteiger partial charge in [0.15, 0.2) is 6.61 Å². The van der Waals surface area contributed by atoms with Crippen molar-refractivity contribution in [2.24, 2.45) is 5.73 Å². The van der Waals surface area contributed by atoms with Gasteiger partial charge in [-0.1, -0.05) is 6.42 Å². The molecule has 1 fully saturated rings. The van der Waals surface area contributed by atoms with Crippen LogP contribution < -0.4 is 10.5 Å². The number of methoxy groups -OCH3 is 1. The lowest BCUT2D eigenvalue weighted by Crippen LogP contribution is -2.42. The van der Waals surface area contributed by atoms with Crippen LogP contribution in [-0.2, 0) is 19.6 Å². The van der Waals surface area contributed by atoms with Crippen molar-refractivity contribution in [3.63, 3.8) is 0 Å². The van der Waals surface area contributed by atoms with Crippen LogP contribution in [0.2, 0.25) is 0 Å². The first-order valence-corrected chi connectivity index (χ1v) is 9.36. The molecule has 25 heavy (non-hydrogen) atoms. The Morgan fingerprint density at radius 3 is 2.64 bits per heavy atom. The van der Waals surface area contributed by atoms with E-state index >= 15 is 0 Å². The van der Waals surface area contributed by atoms with Crippen molar-refractivity contribution in [2.45, 2.75) is 37.1 Å². The molecule has 1 aromatic carbocycles. The third-order valence-corrected chi connectivity index (χ3v) is 6.11. The summed E-state index contributed by atoms with van der Waals surface area (Å²) in [7, 11) is -2.47. The van der Waals surface area contributed by atoms with Crippen LogP contribution in [0.5, 0.6) is 5.75 Å². The van der Waals surface area contributed by atoms with E-state index in [0.717, 1.165) is 19.3 Å². The predicted molar refractivity (Wildman–Crippen MR) is 89.7 cm³/mol.